The number of rotatable bonds is 4. The second kappa shape index (κ2) is 4.55. The second-order valence-corrected chi connectivity index (χ2v) is 6.67. The highest BCUT2D eigenvalue weighted by molar-refractivity contribution is 7.90. The quantitative estimate of drug-likeness (QED) is 0.856. The molecule has 4 heteroatoms. The van der Waals surface area contributed by atoms with Crippen LogP contribution in [0, 0.1) is 12.8 Å². The molecule has 3 nitrogen and oxygen atoms in total. The van der Waals surface area contributed by atoms with E-state index in [4.69, 9.17) is 0 Å². The summed E-state index contributed by atoms with van der Waals surface area (Å²) >= 11 is 0. The molecule has 0 saturated carbocycles. The molecular weight excluding hydrogens is 222 g/mol. The maximum atomic E-state index is 11.9. The van der Waals surface area contributed by atoms with Gasteiger partial charge in [-0.2, -0.15) is 0 Å². The third-order valence-corrected chi connectivity index (χ3v) is 4.62. The van der Waals surface area contributed by atoms with E-state index in [-0.39, 0.29) is 5.75 Å². The van der Waals surface area contributed by atoms with Crippen molar-refractivity contribution >= 4 is 9.84 Å². The third-order valence-electron chi connectivity index (χ3n) is 2.86. The lowest BCUT2D eigenvalue weighted by Gasteiger charge is -2.26. The number of aryl methyl sites for hydroxylation is 1. The highest BCUT2D eigenvalue weighted by Gasteiger charge is 2.24. The molecular formula is C12H17NO2S. The molecule has 0 bridgehead atoms. The first-order chi connectivity index (χ1) is 7.55. The molecule has 0 radical (unpaired) electrons. The average molecular weight is 239 g/mol. The molecule has 0 amide bonds. The summed E-state index contributed by atoms with van der Waals surface area (Å²) in [5.74, 6) is 0.799. The number of hydrogen-bond donors (Lipinski definition) is 1. The summed E-state index contributed by atoms with van der Waals surface area (Å²) in [6, 6.07) is 7.70. The highest BCUT2D eigenvalue weighted by atomic mass is 32.2. The fourth-order valence-corrected chi connectivity index (χ4v) is 3.59. The molecule has 88 valence electrons. The van der Waals surface area contributed by atoms with Crippen LogP contribution in [0.15, 0.2) is 24.3 Å². The molecule has 0 unspecified atom stereocenters. The standard InChI is InChI=1S/C12H17NO2S/c1-10-2-4-11(5-3-10)8-16(14,15)9-12-6-13-7-12/h2-5,12-13H,6-9H2,1H3. The fourth-order valence-electron chi connectivity index (χ4n) is 1.82. The van der Waals surface area contributed by atoms with Crippen molar-refractivity contribution in [1.82, 2.24) is 5.32 Å². The van der Waals surface area contributed by atoms with Gasteiger partial charge in [0.25, 0.3) is 0 Å². The predicted octanol–water partition coefficient (Wildman–Crippen LogP) is 1.13. The Kier molecular flexibility index (Phi) is 3.30. The van der Waals surface area contributed by atoms with Gasteiger partial charge in [0.05, 0.1) is 11.5 Å². The highest BCUT2D eigenvalue weighted by Crippen LogP contribution is 2.13. The predicted molar refractivity (Wildman–Crippen MR) is 65.0 cm³/mol. The SMILES string of the molecule is Cc1ccc(CS(=O)(=O)CC2CNC2)cc1. The molecule has 1 saturated heterocycles. The molecule has 1 aliphatic heterocycles. The van der Waals surface area contributed by atoms with Crippen LogP contribution in [0.25, 0.3) is 0 Å². The number of sulfone groups is 1. The minimum absolute atomic E-state index is 0.170. The van der Waals surface area contributed by atoms with Gasteiger partial charge < -0.3 is 5.32 Å². The molecule has 0 atom stereocenters. The van der Waals surface area contributed by atoms with E-state index in [1.807, 2.05) is 31.2 Å². The minimum Gasteiger partial charge on any atom is -0.316 e. The van der Waals surface area contributed by atoms with E-state index in [0.29, 0.717) is 11.7 Å². The molecule has 1 heterocycles. The Labute approximate surface area is 96.8 Å². The number of nitrogens with one attached hydrogen (secondary N) is 1. The Morgan fingerprint density at radius 3 is 2.38 bits per heavy atom. The monoisotopic (exact) mass is 239 g/mol. The van der Waals surface area contributed by atoms with Gasteiger partial charge >= 0.3 is 0 Å². The normalized spacial score (nSPS) is 17.1. The van der Waals surface area contributed by atoms with E-state index >= 15 is 0 Å². The Balaban J connectivity index is 1.99. The minimum atomic E-state index is -2.95. The van der Waals surface area contributed by atoms with Crippen molar-refractivity contribution in [2.75, 3.05) is 18.8 Å². The maximum absolute atomic E-state index is 11.9. The fraction of sp³-hybridized carbons (Fsp3) is 0.500. The smallest absolute Gasteiger partial charge is 0.154 e. The summed E-state index contributed by atoms with van der Waals surface area (Å²) in [5.41, 5.74) is 2.04. The molecule has 1 aromatic rings. The van der Waals surface area contributed by atoms with Crippen LogP contribution in [0.1, 0.15) is 11.1 Å². The Bertz CT molecular complexity index is 446. The molecule has 0 spiro atoms. The van der Waals surface area contributed by atoms with Crippen LogP contribution < -0.4 is 5.32 Å². The van der Waals surface area contributed by atoms with E-state index in [0.717, 1.165) is 24.2 Å². The van der Waals surface area contributed by atoms with Gasteiger partial charge in [-0.25, -0.2) is 8.42 Å². The Morgan fingerprint density at radius 1 is 1.25 bits per heavy atom. The van der Waals surface area contributed by atoms with Crippen molar-refractivity contribution in [3.8, 4) is 0 Å². The molecule has 1 aromatic carbocycles. The summed E-state index contributed by atoms with van der Waals surface area (Å²) in [6.45, 7) is 3.68. The van der Waals surface area contributed by atoms with Gasteiger partial charge in [0.2, 0.25) is 0 Å². The van der Waals surface area contributed by atoms with Gasteiger partial charge in [-0.05, 0) is 18.4 Å². The Hall–Kier alpha value is -0.870. The van der Waals surface area contributed by atoms with Crippen LogP contribution in [-0.2, 0) is 15.6 Å². The van der Waals surface area contributed by atoms with Crippen LogP contribution >= 0.6 is 0 Å². The zero-order valence-electron chi connectivity index (χ0n) is 9.44. The number of hydrogen-bond acceptors (Lipinski definition) is 3. The van der Waals surface area contributed by atoms with E-state index in [1.54, 1.807) is 0 Å². The van der Waals surface area contributed by atoms with Crippen LogP contribution in [0.2, 0.25) is 0 Å². The molecule has 1 N–H and O–H groups in total. The van der Waals surface area contributed by atoms with Gasteiger partial charge in [0, 0.05) is 13.1 Å². The van der Waals surface area contributed by atoms with Crippen molar-refractivity contribution in [3.63, 3.8) is 0 Å². The number of benzene rings is 1. The van der Waals surface area contributed by atoms with Crippen LogP contribution in [-0.4, -0.2) is 27.3 Å². The lowest BCUT2D eigenvalue weighted by molar-refractivity contribution is 0.378. The van der Waals surface area contributed by atoms with E-state index in [1.165, 1.54) is 0 Å². The van der Waals surface area contributed by atoms with Gasteiger partial charge in [0.1, 0.15) is 0 Å². The topological polar surface area (TPSA) is 46.2 Å². The zero-order valence-corrected chi connectivity index (χ0v) is 10.3. The van der Waals surface area contributed by atoms with Crippen molar-refractivity contribution in [1.29, 1.82) is 0 Å². The average Bonchev–Trinajstić information content (AvgIpc) is 2.16. The molecule has 0 aliphatic carbocycles. The van der Waals surface area contributed by atoms with Crippen molar-refractivity contribution < 1.29 is 8.42 Å². The summed E-state index contributed by atoms with van der Waals surface area (Å²) in [7, 11) is -2.95. The molecule has 0 aromatic heterocycles. The van der Waals surface area contributed by atoms with Crippen molar-refractivity contribution in [3.05, 3.63) is 35.4 Å². The van der Waals surface area contributed by atoms with Gasteiger partial charge in [-0.3, -0.25) is 0 Å². The summed E-state index contributed by atoms with van der Waals surface area (Å²) in [6.07, 6.45) is 0. The first-order valence-corrected chi connectivity index (χ1v) is 7.34. The summed E-state index contributed by atoms with van der Waals surface area (Å²) in [5, 5.41) is 3.09. The van der Waals surface area contributed by atoms with Crippen LogP contribution in [0.5, 0.6) is 0 Å². The van der Waals surface area contributed by atoms with Gasteiger partial charge in [-0.1, -0.05) is 29.8 Å². The lowest BCUT2D eigenvalue weighted by atomic mass is 10.1. The molecule has 2 rings (SSSR count). The molecule has 1 aliphatic rings. The van der Waals surface area contributed by atoms with Crippen molar-refractivity contribution in [2.45, 2.75) is 12.7 Å². The Morgan fingerprint density at radius 2 is 1.88 bits per heavy atom. The lowest BCUT2D eigenvalue weighted by Crippen LogP contribution is -2.45. The first-order valence-electron chi connectivity index (χ1n) is 5.52. The summed E-state index contributed by atoms with van der Waals surface area (Å²) in [4.78, 5) is 0. The largest absolute Gasteiger partial charge is 0.316 e. The van der Waals surface area contributed by atoms with E-state index in [2.05, 4.69) is 5.32 Å². The third kappa shape index (κ3) is 3.06. The zero-order chi connectivity index (χ0) is 11.6. The van der Waals surface area contributed by atoms with Gasteiger partial charge in [0.15, 0.2) is 9.84 Å². The van der Waals surface area contributed by atoms with Crippen molar-refractivity contribution in [2.24, 2.45) is 5.92 Å². The molecule has 16 heavy (non-hydrogen) atoms. The maximum Gasteiger partial charge on any atom is 0.154 e. The first kappa shape index (κ1) is 11.6. The second-order valence-electron chi connectivity index (χ2n) is 4.56. The van der Waals surface area contributed by atoms with E-state index in [9.17, 15) is 8.42 Å². The van der Waals surface area contributed by atoms with Crippen LogP contribution in [0.3, 0.4) is 0 Å². The summed E-state index contributed by atoms with van der Waals surface area (Å²) < 4.78 is 23.7. The van der Waals surface area contributed by atoms with E-state index < -0.39 is 9.84 Å². The molecule has 1 fully saturated rings. The van der Waals surface area contributed by atoms with Crippen LogP contribution in [0.4, 0.5) is 0 Å². The van der Waals surface area contributed by atoms with Gasteiger partial charge in [-0.15, -0.1) is 0 Å².